The number of piperidine rings is 1. The number of carbonyl (C=O) groups is 1. The SMILES string of the molecule is COCC1CCCN(C(=O)c2c(N(C)C)noc2-c2ccc(F)c(OC)c2)C1. The Balaban J connectivity index is 1.99. The Morgan fingerprint density at radius 3 is 2.86 bits per heavy atom. The van der Waals surface area contributed by atoms with Crippen molar-refractivity contribution in [2.24, 2.45) is 5.92 Å². The Bertz CT molecular complexity index is 835. The first-order valence-corrected chi connectivity index (χ1v) is 9.25. The third-order valence-electron chi connectivity index (χ3n) is 4.93. The number of nitrogens with zero attached hydrogens (tertiary/aromatic N) is 3. The number of benzene rings is 1. The van der Waals surface area contributed by atoms with Crippen LogP contribution in [0.3, 0.4) is 0 Å². The fourth-order valence-electron chi connectivity index (χ4n) is 3.56. The van der Waals surface area contributed by atoms with E-state index in [2.05, 4.69) is 5.16 Å². The van der Waals surface area contributed by atoms with E-state index in [1.807, 2.05) is 4.90 Å². The first-order chi connectivity index (χ1) is 13.5. The Morgan fingerprint density at radius 1 is 1.39 bits per heavy atom. The molecule has 7 nitrogen and oxygen atoms in total. The fraction of sp³-hybridized carbons (Fsp3) is 0.500. The predicted molar refractivity (Wildman–Crippen MR) is 103 cm³/mol. The molecule has 1 aliphatic heterocycles. The van der Waals surface area contributed by atoms with Gasteiger partial charge in [-0.25, -0.2) is 4.39 Å². The molecule has 1 fully saturated rings. The van der Waals surface area contributed by atoms with E-state index in [4.69, 9.17) is 14.0 Å². The third-order valence-corrected chi connectivity index (χ3v) is 4.93. The fourth-order valence-corrected chi connectivity index (χ4v) is 3.56. The number of ether oxygens (including phenoxy) is 2. The number of hydrogen-bond acceptors (Lipinski definition) is 6. The summed E-state index contributed by atoms with van der Waals surface area (Å²) in [5.41, 5.74) is 0.907. The van der Waals surface area contributed by atoms with E-state index in [9.17, 15) is 9.18 Å². The largest absolute Gasteiger partial charge is 0.494 e. The third kappa shape index (κ3) is 3.96. The first kappa shape index (κ1) is 20.1. The molecule has 1 atom stereocenters. The highest BCUT2D eigenvalue weighted by Crippen LogP contribution is 2.35. The minimum Gasteiger partial charge on any atom is -0.494 e. The van der Waals surface area contributed by atoms with E-state index in [0.717, 1.165) is 12.8 Å². The monoisotopic (exact) mass is 391 g/mol. The number of halogens is 1. The lowest BCUT2D eigenvalue weighted by atomic mass is 9.97. The average molecular weight is 391 g/mol. The molecule has 8 heteroatoms. The number of carbonyl (C=O) groups excluding carboxylic acids is 1. The van der Waals surface area contributed by atoms with Crippen LogP contribution in [-0.2, 0) is 4.74 Å². The Kier molecular flexibility index (Phi) is 6.18. The maximum atomic E-state index is 13.8. The van der Waals surface area contributed by atoms with Gasteiger partial charge in [-0.15, -0.1) is 0 Å². The van der Waals surface area contributed by atoms with Gasteiger partial charge in [-0.3, -0.25) is 4.79 Å². The zero-order chi connectivity index (χ0) is 20.3. The molecule has 0 aliphatic carbocycles. The standard InChI is InChI=1S/C20H26FN3O4/c1-23(2)19-17(20(25)24-9-5-6-13(11-24)12-26-3)18(28-22-19)14-7-8-15(21)16(10-14)27-4/h7-8,10,13H,5-6,9,11-12H2,1-4H3. The molecule has 0 radical (unpaired) electrons. The highest BCUT2D eigenvalue weighted by molar-refractivity contribution is 6.04. The second kappa shape index (κ2) is 8.60. The van der Waals surface area contributed by atoms with Crippen LogP contribution >= 0.6 is 0 Å². The molecule has 0 N–H and O–H groups in total. The Morgan fingerprint density at radius 2 is 2.18 bits per heavy atom. The molecule has 3 rings (SSSR count). The molecular weight excluding hydrogens is 365 g/mol. The van der Waals surface area contributed by atoms with Crippen molar-refractivity contribution in [3.05, 3.63) is 29.6 Å². The van der Waals surface area contributed by atoms with Crippen LogP contribution in [0.25, 0.3) is 11.3 Å². The summed E-state index contributed by atoms with van der Waals surface area (Å²) in [5, 5.41) is 4.09. The number of methoxy groups -OCH3 is 2. The van der Waals surface area contributed by atoms with E-state index in [1.54, 1.807) is 32.2 Å². The quantitative estimate of drug-likeness (QED) is 0.754. The summed E-state index contributed by atoms with van der Waals surface area (Å²) in [4.78, 5) is 17.0. The maximum Gasteiger partial charge on any atom is 0.261 e. The molecule has 0 saturated carbocycles. The minimum absolute atomic E-state index is 0.0804. The molecule has 0 bridgehead atoms. The first-order valence-electron chi connectivity index (χ1n) is 9.25. The van der Waals surface area contributed by atoms with E-state index in [1.165, 1.54) is 19.2 Å². The van der Waals surface area contributed by atoms with Gasteiger partial charge >= 0.3 is 0 Å². The van der Waals surface area contributed by atoms with Gasteiger partial charge in [0.1, 0.15) is 5.56 Å². The molecule has 1 amide bonds. The van der Waals surface area contributed by atoms with Crippen molar-refractivity contribution in [3.63, 3.8) is 0 Å². The van der Waals surface area contributed by atoms with Crippen LogP contribution in [0.2, 0.25) is 0 Å². The average Bonchev–Trinajstić information content (AvgIpc) is 3.13. The number of anilines is 1. The van der Waals surface area contributed by atoms with Crippen molar-refractivity contribution in [2.75, 3.05) is 52.9 Å². The van der Waals surface area contributed by atoms with Gasteiger partial charge in [0.05, 0.1) is 13.7 Å². The van der Waals surface area contributed by atoms with Gasteiger partial charge in [-0.05, 0) is 37.0 Å². The second-order valence-electron chi connectivity index (χ2n) is 7.17. The molecule has 2 aromatic rings. The van der Waals surface area contributed by atoms with Crippen LogP contribution in [0.1, 0.15) is 23.2 Å². The molecule has 28 heavy (non-hydrogen) atoms. The summed E-state index contributed by atoms with van der Waals surface area (Å²) < 4.78 is 29.7. The summed E-state index contributed by atoms with van der Waals surface area (Å²) in [6.45, 7) is 1.91. The van der Waals surface area contributed by atoms with Crippen molar-refractivity contribution < 1.29 is 23.2 Å². The van der Waals surface area contributed by atoms with Crippen molar-refractivity contribution in [1.82, 2.24) is 10.1 Å². The van der Waals surface area contributed by atoms with Gasteiger partial charge in [0, 0.05) is 39.9 Å². The Labute approximate surface area is 164 Å². The van der Waals surface area contributed by atoms with Gasteiger partial charge in [0.15, 0.2) is 23.1 Å². The molecule has 2 heterocycles. The highest BCUT2D eigenvalue weighted by Gasteiger charge is 2.32. The Hall–Kier alpha value is -2.61. The molecule has 1 aromatic carbocycles. The molecule has 1 aliphatic rings. The normalized spacial score (nSPS) is 16.9. The smallest absolute Gasteiger partial charge is 0.261 e. The zero-order valence-corrected chi connectivity index (χ0v) is 16.7. The predicted octanol–water partition coefficient (Wildman–Crippen LogP) is 3.05. The number of amides is 1. The number of likely N-dealkylation sites (tertiary alicyclic amines) is 1. The lowest BCUT2D eigenvalue weighted by Gasteiger charge is -2.32. The molecule has 0 spiro atoms. The molecule has 1 saturated heterocycles. The number of aromatic nitrogens is 1. The van der Waals surface area contributed by atoms with Gasteiger partial charge in [0.25, 0.3) is 5.91 Å². The summed E-state index contributed by atoms with van der Waals surface area (Å²) in [6.07, 6.45) is 1.95. The number of rotatable bonds is 6. The lowest BCUT2D eigenvalue weighted by molar-refractivity contribution is 0.0571. The molecule has 152 valence electrons. The van der Waals surface area contributed by atoms with Crippen molar-refractivity contribution in [2.45, 2.75) is 12.8 Å². The van der Waals surface area contributed by atoms with Crippen molar-refractivity contribution >= 4 is 11.7 Å². The van der Waals surface area contributed by atoms with Crippen LogP contribution in [0.4, 0.5) is 10.2 Å². The van der Waals surface area contributed by atoms with E-state index >= 15 is 0 Å². The van der Waals surface area contributed by atoms with E-state index in [0.29, 0.717) is 48.3 Å². The highest BCUT2D eigenvalue weighted by atomic mass is 19.1. The van der Waals surface area contributed by atoms with Crippen LogP contribution in [0, 0.1) is 11.7 Å². The van der Waals surface area contributed by atoms with E-state index in [-0.39, 0.29) is 11.7 Å². The van der Waals surface area contributed by atoms with E-state index < -0.39 is 5.82 Å². The van der Waals surface area contributed by atoms with Crippen molar-refractivity contribution in [1.29, 1.82) is 0 Å². The summed E-state index contributed by atoms with van der Waals surface area (Å²) >= 11 is 0. The molecule has 1 aromatic heterocycles. The summed E-state index contributed by atoms with van der Waals surface area (Å²) in [5.74, 6) is 0.503. The van der Waals surface area contributed by atoms with Gasteiger partial charge in [-0.1, -0.05) is 5.16 Å². The lowest BCUT2D eigenvalue weighted by Crippen LogP contribution is -2.41. The van der Waals surface area contributed by atoms with Crippen LogP contribution in [0.15, 0.2) is 22.7 Å². The molecule has 1 unspecified atom stereocenters. The topological polar surface area (TPSA) is 68.0 Å². The number of hydrogen-bond donors (Lipinski definition) is 0. The molecular formula is C20H26FN3O4. The van der Waals surface area contributed by atoms with Crippen LogP contribution in [-0.4, -0.2) is 64.0 Å². The van der Waals surface area contributed by atoms with Gasteiger partial charge < -0.3 is 23.8 Å². The van der Waals surface area contributed by atoms with Gasteiger partial charge in [-0.2, -0.15) is 0 Å². The summed E-state index contributed by atoms with van der Waals surface area (Å²) in [6, 6.07) is 4.35. The van der Waals surface area contributed by atoms with Gasteiger partial charge in [0.2, 0.25) is 0 Å². The maximum absolute atomic E-state index is 13.8. The van der Waals surface area contributed by atoms with Crippen LogP contribution in [0.5, 0.6) is 5.75 Å². The summed E-state index contributed by atoms with van der Waals surface area (Å²) in [7, 11) is 6.66. The second-order valence-corrected chi connectivity index (χ2v) is 7.17. The minimum atomic E-state index is -0.482. The zero-order valence-electron chi connectivity index (χ0n) is 16.7. The van der Waals surface area contributed by atoms with Crippen LogP contribution < -0.4 is 9.64 Å². The van der Waals surface area contributed by atoms with Crippen molar-refractivity contribution in [3.8, 4) is 17.1 Å².